The second kappa shape index (κ2) is 6.41. The average Bonchev–Trinajstić information content (AvgIpc) is 2.36. The molecule has 0 saturated carbocycles. The first kappa shape index (κ1) is 18.1. The zero-order chi connectivity index (χ0) is 17.1. The molecule has 0 fully saturated rings. The first-order valence-corrected chi connectivity index (χ1v) is 7.89. The van der Waals surface area contributed by atoms with Gasteiger partial charge in [0, 0.05) is 24.7 Å². The topological polar surface area (TPSA) is 110 Å². The molecular formula is C13H19N3O5S. The summed E-state index contributed by atoms with van der Waals surface area (Å²) in [6.45, 7) is 5.03. The Kier molecular flexibility index (Phi) is 5.26. The Morgan fingerprint density at radius 3 is 2.18 bits per heavy atom. The summed E-state index contributed by atoms with van der Waals surface area (Å²) >= 11 is 0. The van der Waals surface area contributed by atoms with Crippen molar-refractivity contribution in [2.45, 2.75) is 31.2 Å². The van der Waals surface area contributed by atoms with Crippen molar-refractivity contribution < 1.29 is 18.1 Å². The molecule has 8 nitrogen and oxygen atoms in total. The van der Waals surface area contributed by atoms with E-state index in [0.717, 1.165) is 28.6 Å². The number of benzene rings is 1. The molecule has 22 heavy (non-hydrogen) atoms. The van der Waals surface area contributed by atoms with Gasteiger partial charge in [-0.15, -0.1) is 0 Å². The molecule has 0 unspecified atom stereocenters. The van der Waals surface area contributed by atoms with Crippen molar-refractivity contribution in [3.05, 3.63) is 34.4 Å². The summed E-state index contributed by atoms with van der Waals surface area (Å²) in [5, 5.41) is 13.2. The van der Waals surface area contributed by atoms with Crippen LogP contribution in [-0.2, 0) is 14.8 Å². The summed E-state index contributed by atoms with van der Waals surface area (Å²) in [6, 6.07) is 4.50. The van der Waals surface area contributed by atoms with Gasteiger partial charge in [0.25, 0.3) is 5.69 Å². The Balaban J connectivity index is 2.89. The number of amides is 1. The SMILES string of the molecule is CN(CC(=O)NC(C)(C)C)S(=O)(=O)c1ccc([N+](=O)[O-])cc1. The number of carbonyl (C=O) groups is 1. The Morgan fingerprint density at radius 2 is 1.77 bits per heavy atom. The van der Waals surface area contributed by atoms with Crippen molar-refractivity contribution in [2.75, 3.05) is 13.6 Å². The average molecular weight is 329 g/mol. The highest BCUT2D eigenvalue weighted by atomic mass is 32.2. The van der Waals surface area contributed by atoms with Crippen LogP contribution in [0.25, 0.3) is 0 Å². The van der Waals surface area contributed by atoms with Gasteiger partial charge < -0.3 is 5.32 Å². The Labute approximate surface area is 129 Å². The predicted octanol–water partition coefficient (Wildman–Crippen LogP) is 1.13. The second-order valence-corrected chi connectivity index (χ2v) is 7.86. The highest BCUT2D eigenvalue weighted by Gasteiger charge is 2.25. The monoisotopic (exact) mass is 329 g/mol. The largest absolute Gasteiger partial charge is 0.350 e. The minimum absolute atomic E-state index is 0.107. The summed E-state index contributed by atoms with van der Waals surface area (Å²) in [6.07, 6.45) is 0. The third-order valence-electron chi connectivity index (χ3n) is 2.64. The van der Waals surface area contributed by atoms with Gasteiger partial charge in [-0.1, -0.05) is 0 Å². The Bertz CT molecular complexity index is 662. The van der Waals surface area contributed by atoms with Crippen LogP contribution >= 0.6 is 0 Å². The number of likely N-dealkylation sites (N-methyl/N-ethyl adjacent to an activating group) is 1. The summed E-state index contributed by atoms with van der Waals surface area (Å²) in [4.78, 5) is 21.6. The van der Waals surface area contributed by atoms with Gasteiger partial charge >= 0.3 is 0 Å². The normalized spacial score (nSPS) is 12.2. The van der Waals surface area contributed by atoms with Crippen molar-refractivity contribution in [2.24, 2.45) is 0 Å². The molecule has 1 rings (SSSR count). The van der Waals surface area contributed by atoms with Gasteiger partial charge in [0.2, 0.25) is 15.9 Å². The molecule has 0 bridgehead atoms. The van der Waals surface area contributed by atoms with Crippen molar-refractivity contribution in [3.63, 3.8) is 0 Å². The highest BCUT2D eigenvalue weighted by Crippen LogP contribution is 2.18. The maximum absolute atomic E-state index is 12.3. The fourth-order valence-corrected chi connectivity index (χ4v) is 2.79. The highest BCUT2D eigenvalue weighted by molar-refractivity contribution is 7.89. The second-order valence-electron chi connectivity index (χ2n) is 5.81. The van der Waals surface area contributed by atoms with E-state index in [9.17, 15) is 23.3 Å². The van der Waals surface area contributed by atoms with E-state index in [2.05, 4.69) is 5.32 Å². The number of hydrogen-bond donors (Lipinski definition) is 1. The zero-order valence-corrected chi connectivity index (χ0v) is 13.7. The number of nitrogens with zero attached hydrogens (tertiary/aromatic N) is 2. The maximum atomic E-state index is 12.3. The van der Waals surface area contributed by atoms with Gasteiger partial charge in [0.1, 0.15) is 0 Å². The van der Waals surface area contributed by atoms with Crippen molar-refractivity contribution in [3.8, 4) is 0 Å². The molecule has 1 aromatic rings. The van der Waals surface area contributed by atoms with Crippen LogP contribution in [0.3, 0.4) is 0 Å². The number of nitrogens with one attached hydrogen (secondary N) is 1. The van der Waals surface area contributed by atoms with Gasteiger partial charge in [-0.2, -0.15) is 4.31 Å². The molecule has 122 valence electrons. The van der Waals surface area contributed by atoms with E-state index in [-0.39, 0.29) is 17.1 Å². The molecule has 0 saturated heterocycles. The molecule has 0 aliphatic rings. The summed E-state index contributed by atoms with van der Waals surface area (Å²) in [7, 11) is -2.61. The lowest BCUT2D eigenvalue weighted by Crippen LogP contribution is -2.46. The van der Waals surface area contributed by atoms with Crippen LogP contribution in [0, 0.1) is 10.1 Å². The fraction of sp³-hybridized carbons (Fsp3) is 0.462. The van der Waals surface area contributed by atoms with E-state index in [1.165, 1.54) is 7.05 Å². The van der Waals surface area contributed by atoms with Crippen LogP contribution < -0.4 is 5.32 Å². The van der Waals surface area contributed by atoms with Gasteiger partial charge in [0.05, 0.1) is 16.4 Å². The first-order valence-electron chi connectivity index (χ1n) is 6.45. The Hall–Kier alpha value is -2.00. The van der Waals surface area contributed by atoms with E-state index in [0.29, 0.717) is 0 Å². The quantitative estimate of drug-likeness (QED) is 0.643. The number of hydrogen-bond acceptors (Lipinski definition) is 5. The molecule has 1 aromatic carbocycles. The maximum Gasteiger partial charge on any atom is 0.269 e. The van der Waals surface area contributed by atoms with E-state index in [4.69, 9.17) is 0 Å². The molecular weight excluding hydrogens is 310 g/mol. The molecule has 0 heterocycles. The standard InChI is InChI=1S/C13H19N3O5S/c1-13(2,3)14-12(17)9-15(4)22(20,21)11-7-5-10(6-8-11)16(18)19/h5-8H,9H2,1-4H3,(H,14,17). The lowest BCUT2D eigenvalue weighted by Gasteiger charge is -2.23. The summed E-state index contributed by atoms with van der Waals surface area (Å²) < 4.78 is 25.5. The van der Waals surface area contributed by atoms with Crippen LogP contribution in [0.15, 0.2) is 29.2 Å². The molecule has 0 aliphatic carbocycles. The fourth-order valence-electron chi connectivity index (χ4n) is 1.66. The van der Waals surface area contributed by atoms with Crippen molar-refractivity contribution in [1.82, 2.24) is 9.62 Å². The number of non-ortho nitro benzene ring substituents is 1. The lowest BCUT2D eigenvalue weighted by atomic mass is 10.1. The number of rotatable bonds is 5. The van der Waals surface area contributed by atoms with Crippen LogP contribution in [0.1, 0.15) is 20.8 Å². The van der Waals surface area contributed by atoms with Gasteiger partial charge in [-0.3, -0.25) is 14.9 Å². The van der Waals surface area contributed by atoms with Crippen molar-refractivity contribution >= 4 is 21.6 Å². The minimum Gasteiger partial charge on any atom is -0.350 e. The van der Waals surface area contributed by atoms with Gasteiger partial charge in [0.15, 0.2) is 0 Å². The number of sulfonamides is 1. The van der Waals surface area contributed by atoms with E-state index in [1.54, 1.807) is 20.8 Å². The van der Waals surface area contributed by atoms with Gasteiger partial charge in [-0.05, 0) is 32.9 Å². The van der Waals surface area contributed by atoms with Crippen LogP contribution in [-0.4, -0.2) is 42.7 Å². The number of nitro groups is 1. The van der Waals surface area contributed by atoms with Crippen LogP contribution in [0.4, 0.5) is 5.69 Å². The van der Waals surface area contributed by atoms with E-state index in [1.807, 2.05) is 0 Å². The zero-order valence-electron chi connectivity index (χ0n) is 12.9. The number of carbonyl (C=O) groups excluding carboxylic acids is 1. The third-order valence-corrected chi connectivity index (χ3v) is 4.45. The minimum atomic E-state index is -3.88. The molecule has 0 atom stereocenters. The molecule has 0 radical (unpaired) electrons. The lowest BCUT2D eigenvalue weighted by molar-refractivity contribution is -0.384. The molecule has 1 amide bonds. The number of nitro benzene ring substituents is 1. The van der Waals surface area contributed by atoms with Crippen LogP contribution in [0.2, 0.25) is 0 Å². The van der Waals surface area contributed by atoms with Crippen LogP contribution in [0.5, 0.6) is 0 Å². The van der Waals surface area contributed by atoms with E-state index < -0.39 is 26.4 Å². The molecule has 0 aliphatic heterocycles. The van der Waals surface area contributed by atoms with Crippen molar-refractivity contribution in [1.29, 1.82) is 0 Å². The Morgan fingerprint density at radius 1 is 1.27 bits per heavy atom. The molecule has 0 aromatic heterocycles. The smallest absolute Gasteiger partial charge is 0.269 e. The molecule has 0 spiro atoms. The summed E-state index contributed by atoms with van der Waals surface area (Å²) in [5.74, 6) is -0.430. The predicted molar refractivity (Wildman–Crippen MR) is 80.8 cm³/mol. The third kappa shape index (κ3) is 4.78. The van der Waals surface area contributed by atoms with Gasteiger partial charge in [-0.25, -0.2) is 8.42 Å². The summed E-state index contributed by atoms with van der Waals surface area (Å²) in [5.41, 5.74) is -0.665. The molecule has 1 N–H and O–H groups in total. The van der Waals surface area contributed by atoms with E-state index >= 15 is 0 Å². The first-order chi connectivity index (χ1) is 9.93. The molecule has 9 heteroatoms.